The molecule has 5 nitrogen and oxygen atoms in total. The van der Waals surface area contributed by atoms with Crippen molar-refractivity contribution < 1.29 is 24.9 Å². The molecule has 0 bridgehead atoms. The lowest BCUT2D eigenvalue weighted by Gasteiger charge is -2.58. The molecule has 0 aliphatic heterocycles. The van der Waals surface area contributed by atoms with Crippen molar-refractivity contribution in [3.8, 4) is 0 Å². The minimum atomic E-state index is -0.833. The van der Waals surface area contributed by atoms with Gasteiger partial charge in [0, 0.05) is 13.3 Å². The molecule has 0 spiro atoms. The van der Waals surface area contributed by atoms with Crippen LogP contribution in [0.5, 0.6) is 0 Å². The van der Waals surface area contributed by atoms with Crippen molar-refractivity contribution in [3.05, 3.63) is 11.6 Å². The molecule has 9 atom stereocenters. The van der Waals surface area contributed by atoms with Crippen molar-refractivity contribution in [2.75, 3.05) is 0 Å². The third-order valence-electron chi connectivity index (χ3n) is 10.7. The van der Waals surface area contributed by atoms with Crippen LogP contribution in [0, 0.1) is 46.3 Å². The maximum absolute atomic E-state index is 10.9. The van der Waals surface area contributed by atoms with Gasteiger partial charge in [0.25, 0.3) is 5.97 Å². The van der Waals surface area contributed by atoms with Crippen LogP contribution in [-0.2, 0) is 9.59 Å². The highest BCUT2D eigenvalue weighted by Crippen LogP contribution is 2.67. The molecule has 5 heteroatoms. The first-order chi connectivity index (χ1) is 16.4. The van der Waals surface area contributed by atoms with E-state index < -0.39 is 11.9 Å². The molecule has 0 heterocycles. The second kappa shape index (κ2) is 11.4. The highest BCUT2D eigenvalue weighted by molar-refractivity contribution is 5.66. The zero-order chi connectivity index (χ0) is 26.0. The first-order valence-corrected chi connectivity index (χ1v) is 14.2. The van der Waals surface area contributed by atoms with Gasteiger partial charge in [-0.05, 0) is 97.7 Å². The Labute approximate surface area is 212 Å². The molecule has 3 N–H and O–H groups in total. The van der Waals surface area contributed by atoms with Gasteiger partial charge >= 0.3 is 5.97 Å². The van der Waals surface area contributed by atoms with Gasteiger partial charge in [0.2, 0.25) is 0 Å². The number of hydrogen-bond acceptors (Lipinski definition) is 3. The van der Waals surface area contributed by atoms with Crippen molar-refractivity contribution >= 4 is 11.9 Å². The molecule has 3 fully saturated rings. The van der Waals surface area contributed by atoms with Crippen molar-refractivity contribution in [1.29, 1.82) is 0 Å². The van der Waals surface area contributed by atoms with Crippen molar-refractivity contribution in [1.82, 2.24) is 0 Å². The number of carboxylic acid groups (broad SMARTS) is 2. The Bertz CT molecular complexity index is 786. The molecule has 0 aromatic rings. The van der Waals surface area contributed by atoms with Crippen LogP contribution in [0.3, 0.4) is 0 Å². The summed E-state index contributed by atoms with van der Waals surface area (Å²) in [5, 5.41) is 26.7. The number of rotatable bonds is 7. The van der Waals surface area contributed by atoms with Crippen LogP contribution in [0.25, 0.3) is 0 Å². The van der Waals surface area contributed by atoms with E-state index >= 15 is 0 Å². The zero-order valence-electron chi connectivity index (χ0n) is 22.8. The molecule has 35 heavy (non-hydrogen) atoms. The number of aliphatic hydroxyl groups is 1. The molecule has 0 aromatic carbocycles. The minimum absolute atomic E-state index is 0.111. The smallest absolute Gasteiger partial charge is 0.303 e. The maximum Gasteiger partial charge on any atom is 0.303 e. The number of aliphatic hydroxyl groups excluding tert-OH is 1. The predicted molar refractivity (Wildman–Crippen MR) is 139 cm³/mol. The Morgan fingerprint density at radius 2 is 1.71 bits per heavy atom. The van der Waals surface area contributed by atoms with Crippen LogP contribution < -0.4 is 0 Å². The second-order valence-corrected chi connectivity index (χ2v) is 13.0. The van der Waals surface area contributed by atoms with Gasteiger partial charge in [0.05, 0.1) is 6.10 Å². The molecule has 0 saturated heterocycles. The van der Waals surface area contributed by atoms with Gasteiger partial charge in [-0.1, -0.05) is 58.6 Å². The van der Waals surface area contributed by atoms with Gasteiger partial charge in [0.15, 0.2) is 0 Å². The van der Waals surface area contributed by atoms with Crippen molar-refractivity contribution in [2.45, 2.75) is 118 Å². The third kappa shape index (κ3) is 6.14. The van der Waals surface area contributed by atoms with E-state index in [0.717, 1.165) is 55.8 Å². The fraction of sp³-hybridized carbons (Fsp3) is 0.867. The first-order valence-electron chi connectivity index (χ1n) is 14.2. The molecule has 3 saturated carbocycles. The summed E-state index contributed by atoms with van der Waals surface area (Å²) in [7, 11) is 0. The monoisotopic (exact) mass is 490 g/mol. The molecule has 0 amide bonds. The van der Waals surface area contributed by atoms with E-state index in [1.54, 1.807) is 5.57 Å². The first kappa shape index (κ1) is 28.2. The quantitative estimate of drug-likeness (QED) is 0.336. The Balaban J connectivity index is 0.000000795. The third-order valence-corrected chi connectivity index (χ3v) is 10.7. The van der Waals surface area contributed by atoms with E-state index in [2.05, 4.69) is 33.8 Å². The highest BCUT2D eigenvalue weighted by atomic mass is 16.4. The maximum atomic E-state index is 10.9. The Hall–Kier alpha value is -1.36. The Morgan fingerprint density at radius 3 is 2.37 bits per heavy atom. The summed E-state index contributed by atoms with van der Waals surface area (Å²) in [6.45, 7) is 10.8. The number of allylic oxidation sites excluding steroid dienone is 1. The molecule has 4 aliphatic rings. The van der Waals surface area contributed by atoms with Gasteiger partial charge in [0.1, 0.15) is 0 Å². The zero-order valence-corrected chi connectivity index (χ0v) is 22.8. The molecule has 0 aromatic heterocycles. The predicted octanol–water partition coefficient (Wildman–Crippen LogP) is 6.93. The topological polar surface area (TPSA) is 94.8 Å². The van der Waals surface area contributed by atoms with E-state index in [1.165, 1.54) is 51.4 Å². The lowest BCUT2D eigenvalue weighted by atomic mass is 9.47. The van der Waals surface area contributed by atoms with Gasteiger partial charge in [-0.15, -0.1) is 0 Å². The fourth-order valence-electron chi connectivity index (χ4n) is 9.01. The Kier molecular flexibility index (Phi) is 9.16. The normalized spacial score (nSPS) is 39.6. The van der Waals surface area contributed by atoms with Crippen LogP contribution in [0.1, 0.15) is 112 Å². The van der Waals surface area contributed by atoms with E-state index in [4.69, 9.17) is 15.0 Å². The summed E-state index contributed by atoms with van der Waals surface area (Å²) in [5.41, 5.74) is 2.41. The van der Waals surface area contributed by atoms with E-state index in [1.807, 2.05) is 0 Å². The van der Waals surface area contributed by atoms with Crippen LogP contribution in [0.2, 0.25) is 0 Å². The van der Waals surface area contributed by atoms with E-state index in [9.17, 15) is 9.90 Å². The molecule has 200 valence electrons. The molecular formula is C30H50O5. The molecule has 4 aliphatic carbocycles. The second-order valence-electron chi connectivity index (χ2n) is 13.0. The highest BCUT2D eigenvalue weighted by Gasteiger charge is 2.59. The van der Waals surface area contributed by atoms with Gasteiger partial charge in [-0.3, -0.25) is 9.59 Å². The summed E-state index contributed by atoms with van der Waals surface area (Å²) in [6, 6.07) is 0. The molecule has 0 radical (unpaired) electrons. The van der Waals surface area contributed by atoms with Crippen LogP contribution in [-0.4, -0.2) is 33.4 Å². The minimum Gasteiger partial charge on any atom is -0.481 e. The largest absolute Gasteiger partial charge is 0.481 e. The van der Waals surface area contributed by atoms with Gasteiger partial charge in [-0.2, -0.15) is 0 Å². The average molecular weight is 491 g/mol. The summed E-state index contributed by atoms with van der Waals surface area (Å²) in [5.74, 6) is 2.92. The summed E-state index contributed by atoms with van der Waals surface area (Å²) >= 11 is 0. The number of hydrogen-bond donors (Lipinski definition) is 3. The molecule has 4 rings (SSSR count). The summed E-state index contributed by atoms with van der Waals surface area (Å²) < 4.78 is 0. The summed E-state index contributed by atoms with van der Waals surface area (Å²) in [4.78, 5) is 19.9. The van der Waals surface area contributed by atoms with E-state index in [0.29, 0.717) is 23.2 Å². The van der Waals surface area contributed by atoms with E-state index in [-0.39, 0.29) is 6.10 Å². The Morgan fingerprint density at radius 1 is 1.03 bits per heavy atom. The molecule has 1 unspecified atom stereocenters. The lowest BCUT2D eigenvalue weighted by Crippen LogP contribution is -2.50. The summed E-state index contributed by atoms with van der Waals surface area (Å²) in [6.07, 6.45) is 16.1. The SMILES string of the molecule is CC(=O)O.CC(CCC[C@@H](C)[C@H]1CC[C@H]2[C@@H]3CC=C4C[C@@H](O)CC[C@]4(C)[C@H]3CC[C@]12C)CC(=O)O. The van der Waals surface area contributed by atoms with Crippen LogP contribution >= 0.6 is 0 Å². The van der Waals surface area contributed by atoms with Crippen LogP contribution in [0.15, 0.2) is 11.6 Å². The number of carboxylic acids is 2. The van der Waals surface area contributed by atoms with Crippen molar-refractivity contribution in [2.24, 2.45) is 46.3 Å². The van der Waals surface area contributed by atoms with Gasteiger partial charge < -0.3 is 15.3 Å². The van der Waals surface area contributed by atoms with Crippen LogP contribution in [0.4, 0.5) is 0 Å². The average Bonchev–Trinajstić information content (AvgIpc) is 3.10. The van der Waals surface area contributed by atoms with Gasteiger partial charge in [-0.25, -0.2) is 0 Å². The number of carbonyl (C=O) groups is 2. The molecular weight excluding hydrogens is 440 g/mol. The lowest BCUT2D eigenvalue weighted by molar-refractivity contribution is -0.138. The number of fused-ring (bicyclic) bond motifs is 5. The van der Waals surface area contributed by atoms with Crippen molar-refractivity contribution in [3.63, 3.8) is 0 Å². The number of aliphatic carboxylic acids is 2. The fourth-order valence-corrected chi connectivity index (χ4v) is 9.01. The standard InChI is InChI=1S/C28H46O3.C2H4O2/c1-18(16-26(30)31)6-5-7-19(2)23-10-11-24-22-9-8-20-17-21(29)12-14-27(20,3)25(22)13-15-28(23,24)4;1-2(3)4/h8,18-19,21-25,29H,5-7,9-17H2,1-4H3,(H,30,31);1H3,(H,3,4)/t18?,19-,21+,22+,23-,24+,25+,27+,28-;/m1./s1.